The molecule has 5 aromatic rings. The van der Waals surface area contributed by atoms with Crippen molar-refractivity contribution in [1.82, 2.24) is 0 Å². The number of fused-ring (bicyclic) bond motifs is 2. The molecular formula is C33H38SiZr-4. The molecule has 0 heterocycles. The van der Waals surface area contributed by atoms with E-state index in [1.54, 1.807) is 0 Å². The van der Waals surface area contributed by atoms with Gasteiger partial charge in [-0.15, -0.1) is 69.1 Å². The van der Waals surface area contributed by atoms with Crippen LogP contribution in [0.3, 0.4) is 0 Å². The van der Waals surface area contributed by atoms with E-state index in [4.69, 9.17) is 0 Å². The van der Waals surface area contributed by atoms with Crippen molar-refractivity contribution in [2.24, 2.45) is 0 Å². The molecule has 35 heavy (non-hydrogen) atoms. The van der Waals surface area contributed by atoms with Crippen LogP contribution in [-0.4, -0.2) is 6.88 Å². The molecule has 0 fully saturated rings. The van der Waals surface area contributed by atoms with Gasteiger partial charge >= 0.3 is 30.2 Å². The molecule has 0 amide bonds. The Morgan fingerprint density at radius 2 is 1.06 bits per heavy atom. The van der Waals surface area contributed by atoms with E-state index < -0.39 is 0 Å². The number of rotatable bonds is 2. The SMILES string of the molecule is Cc1cc2c(C(C)C)cccc2[cH-]1.Cc1cc2c(C(C)C)cccc2[cH-]1.[CH3-].[Si]=[Zr].[c-]1ccccc1. The van der Waals surface area contributed by atoms with Gasteiger partial charge < -0.3 is 7.43 Å². The van der Waals surface area contributed by atoms with Gasteiger partial charge in [0, 0.05) is 0 Å². The maximum absolute atomic E-state index is 3.06. The van der Waals surface area contributed by atoms with Gasteiger partial charge in [-0.3, -0.25) is 0 Å². The Balaban J connectivity index is 0.000000264. The molecule has 0 aliphatic heterocycles. The normalized spacial score (nSPS) is 9.91. The zero-order valence-electron chi connectivity index (χ0n) is 22.3. The van der Waals surface area contributed by atoms with Crippen molar-refractivity contribution in [3.05, 3.63) is 127 Å². The molecule has 0 N–H and O–H groups in total. The van der Waals surface area contributed by atoms with Crippen molar-refractivity contribution >= 4 is 28.4 Å². The smallest absolute Gasteiger partial charge is 0.171 e. The van der Waals surface area contributed by atoms with Crippen LogP contribution in [0, 0.1) is 27.3 Å². The van der Waals surface area contributed by atoms with Crippen LogP contribution < -0.4 is 0 Å². The Bertz CT molecular complexity index is 1150. The van der Waals surface area contributed by atoms with Gasteiger partial charge in [-0.25, -0.2) is 0 Å². The molecule has 0 saturated carbocycles. The number of hydrogen-bond acceptors (Lipinski definition) is 0. The van der Waals surface area contributed by atoms with Crippen LogP contribution in [0.25, 0.3) is 21.5 Å². The predicted molar refractivity (Wildman–Crippen MR) is 154 cm³/mol. The first-order chi connectivity index (χ1) is 16.4. The summed E-state index contributed by atoms with van der Waals surface area (Å²) in [6, 6.07) is 34.7. The maximum atomic E-state index is 3.06. The van der Waals surface area contributed by atoms with Crippen LogP contribution in [0.5, 0.6) is 0 Å². The third-order valence-electron chi connectivity index (χ3n) is 5.71. The van der Waals surface area contributed by atoms with E-state index in [-0.39, 0.29) is 7.43 Å². The molecule has 5 aromatic carbocycles. The number of benzene rings is 3. The predicted octanol–water partition coefficient (Wildman–Crippen LogP) is 9.53. The summed E-state index contributed by atoms with van der Waals surface area (Å²) in [7, 11) is 0. The van der Waals surface area contributed by atoms with Crippen molar-refractivity contribution in [1.29, 1.82) is 0 Å². The summed E-state index contributed by atoms with van der Waals surface area (Å²) >= 11 is 1.36. The maximum Gasteiger partial charge on any atom is -0.171 e. The quantitative estimate of drug-likeness (QED) is 0.151. The van der Waals surface area contributed by atoms with E-state index in [2.05, 4.69) is 115 Å². The summed E-state index contributed by atoms with van der Waals surface area (Å²) in [5.74, 6) is 1.23. The minimum absolute atomic E-state index is 0. The summed E-state index contributed by atoms with van der Waals surface area (Å²) in [5.41, 5.74) is 5.66. The summed E-state index contributed by atoms with van der Waals surface area (Å²) < 4.78 is 0. The monoisotopic (exact) mass is 552 g/mol. The average Bonchev–Trinajstić information content (AvgIpc) is 3.42. The van der Waals surface area contributed by atoms with Crippen LogP contribution >= 0.6 is 0 Å². The van der Waals surface area contributed by atoms with Gasteiger partial charge in [-0.05, 0) is 11.8 Å². The summed E-state index contributed by atoms with van der Waals surface area (Å²) in [5, 5.41) is 5.61. The number of hydrogen-bond donors (Lipinski definition) is 0. The van der Waals surface area contributed by atoms with E-state index in [9.17, 15) is 0 Å². The molecule has 0 atom stereocenters. The van der Waals surface area contributed by atoms with Crippen molar-refractivity contribution in [2.45, 2.75) is 53.4 Å². The molecular weight excluding hydrogens is 516 g/mol. The largest absolute Gasteiger partial charge is 0.184 e. The molecule has 0 bridgehead atoms. The Labute approximate surface area is 230 Å². The van der Waals surface area contributed by atoms with Gasteiger partial charge in [0.2, 0.25) is 0 Å². The second-order valence-electron chi connectivity index (χ2n) is 9.15. The molecule has 2 radical (unpaired) electrons. The minimum atomic E-state index is 0. The van der Waals surface area contributed by atoms with Crippen LogP contribution in [-0.2, 0) is 23.3 Å². The van der Waals surface area contributed by atoms with Gasteiger partial charge in [0.15, 0.2) is 0 Å². The fourth-order valence-corrected chi connectivity index (χ4v) is 4.17. The van der Waals surface area contributed by atoms with Crippen molar-refractivity contribution in [2.75, 3.05) is 0 Å². The van der Waals surface area contributed by atoms with E-state index in [0.717, 1.165) is 0 Å². The first-order valence-electron chi connectivity index (χ1n) is 11.8. The first kappa shape index (κ1) is 31.0. The molecule has 0 aliphatic carbocycles. The van der Waals surface area contributed by atoms with Gasteiger partial charge in [0.1, 0.15) is 0 Å². The summed E-state index contributed by atoms with van der Waals surface area (Å²) in [4.78, 5) is 0. The van der Waals surface area contributed by atoms with E-state index in [1.807, 2.05) is 30.3 Å². The Kier molecular flexibility index (Phi) is 14.1. The van der Waals surface area contributed by atoms with Crippen LogP contribution in [0.15, 0.2) is 91.0 Å². The summed E-state index contributed by atoms with van der Waals surface area (Å²) in [6.45, 7) is 16.4. The molecule has 0 nitrogen and oxygen atoms in total. The third-order valence-corrected chi connectivity index (χ3v) is 5.71. The molecule has 0 saturated heterocycles. The standard InChI is InChI=1S/2C13H15.C6H5.CH3.Si.Zr/c2*1-9(2)12-6-4-5-11-7-10(3)8-13(11)12;1-2-4-6-5-3-1;;;/h2*4-9H,1-3H3;1-5H;1H3;;/q4*-1;;. The van der Waals surface area contributed by atoms with Crippen LogP contribution in [0.4, 0.5) is 0 Å². The zero-order chi connectivity index (χ0) is 25.1. The zero-order valence-corrected chi connectivity index (χ0v) is 25.8. The molecule has 0 aliphatic rings. The molecule has 5 rings (SSSR count). The topological polar surface area (TPSA) is 0 Å². The average molecular weight is 554 g/mol. The molecule has 0 spiro atoms. The molecule has 0 unspecified atom stereocenters. The molecule has 182 valence electrons. The van der Waals surface area contributed by atoms with E-state index >= 15 is 0 Å². The van der Waals surface area contributed by atoms with E-state index in [1.165, 1.54) is 67.1 Å². The fraction of sp³-hybridized carbons (Fsp3) is 0.242. The van der Waals surface area contributed by atoms with Gasteiger partial charge in [-0.1, -0.05) is 64.8 Å². The molecule has 2 heteroatoms. The Morgan fingerprint density at radius 1 is 0.657 bits per heavy atom. The third kappa shape index (κ3) is 9.17. The van der Waals surface area contributed by atoms with Crippen molar-refractivity contribution < 1.29 is 23.3 Å². The van der Waals surface area contributed by atoms with Gasteiger partial charge in [0.25, 0.3) is 0 Å². The van der Waals surface area contributed by atoms with Crippen LogP contribution in [0.1, 0.15) is 61.8 Å². The van der Waals surface area contributed by atoms with Gasteiger partial charge in [0.05, 0.1) is 0 Å². The summed E-state index contributed by atoms with van der Waals surface area (Å²) in [6.07, 6.45) is 0. The first-order valence-corrected chi connectivity index (χ1v) is 16.0. The Morgan fingerprint density at radius 3 is 1.34 bits per heavy atom. The second kappa shape index (κ2) is 15.9. The fourth-order valence-electron chi connectivity index (χ4n) is 4.17. The number of aryl methyl sites for hydroxylation is 2. The van der Waals surface area contributed by atoms with Crippen molar-refractivity contribution in [3.8, 4) is 0 Å². The second-order valence-corrected chi connectivity index (χ2v) is 9.15. The van der Waals surface area contributed by atoms with E-state index in [0.29, 0.717) is 11.8 Å². The Hall–Kier alpha value is -2.02. The van der Waals surface area contributed by atoms with Crippen molar-refractivity contribution in [3.63, 3.8) is 0 Å². The van der Waals surface area contributed by atoms with Crippen LogP contribution in [0.2, 0.25) is 0 Å². The van der Waals surface area contributed by atoms with Gasteiger partial charge in [-0.2, -0.15) is 48.5 Å². The minimum Gasteiger partial charge on any atom is -0.184 e. The molecule has 0 aromatic heterocycles.